The largest absolute Gasteiger partial charge is 0.497 e. The summed E-state index contributed by atoms with van der Waals surface area (Å²) in [6.07, 6.45) is 0.0484. The molecule has 29 heavy (non-hydrogen) atoms. The van der Waals surface area contributed by atoms with Crippen molar-refractivity contribution in [2.24, 2.45) is 0 Å². The van der Waals surface area contributed by atoms with Crippen LogP contribution < -0.4 is 9.64 Å². The Morgan fingerprint density at radius 2 is 1.62 bits per heavy atom. The lowest BCUT2D eigenvalue weighted by molar-refractivity contribution is -0.159. The van der Waals surface area contributed by atoms with Crippen LogP contribution in [0, 0.1) is 0 Å². The third-order valence-corrected chi connectivity index (χ3v) is 5.15. The molecule has 1 saturated heterocycles. The second-order valence-electron chi connectivity index (χ2n) is 7.13. The van der Waals surface area contributed by atoms with Gasteiger partial charge in [0.1, 0.15) is 5.75 Å². The van der Waals surface area contributed by atoms with Gasteiger partial charge in [-0.05, 0) is 43.2 Å². The van der Waals surface area contributed by atoms with Crippen LogP contribution in [0.25, 0.3) is 0 Å². The quantitative estimate of drug-likeness (QED) is 0.674. The molecule has 3 rings (SSSR count). The summed E-state index contributed by atoms with van der Waals surface area (Å²) in [5, 5.41) is 0. The Labute approximate surface area is 172 Å². The molecule has 0 N–H and O–H groups in total. The first-order valence-corrected chi connectivity index (χ1v) is 9.98. The van der Waals surface area contributed by atoms with Crippen LogP contribution in [-0.4, -0.2) is 56.2 Å². The lowest BCUT2D eigenvalue weighted by Gasteiger charge is -2.37. The van der Waals surface area contributed by atoms with Crippen LogP contribution in [0.2, 0.25) is 0 Å². The van der Waals surface area contributed by atoms with Crippen LogP contribution in [0.5, 0.6) is 5.75 Å². The number of carbonyl (C=O) groups excluding carboxylic acids is 2. The zero-order valence-corrected chi connectivity index (χ0v) is 17.0. The maximum Gasteiger partial charge on any atom is 0.306 e. The van der Waals surface area contributed by atoms with Gasteiger partial charge in [-0.3, -0.25) is 9.59 Å². The van der Waals surface area contributed by atoms with E-state index in [-0.39, 0.29) is 18.3 Å². The van der Waals surface area contributed by atoms with Gasteiger partial charge in [-0.15, -0.1) is 0 Å². The van der Waals surface area contributed by atoms with Crippen LogP contribution in [0.4, 0.5) is 5.69 Å². The Morgan fingerprint density at radius 3 is 2.24 bits per heavy atom. The lowest BCUT2D eigenvalue weighted by Crippen LogP contribution is -2.51. The first kappa shape index (κ1) is 20.7. The van der Waals surface area contributed by atoms with Crippen molar-refractivity contribution >= 4 is 17.6 Å². The molecule has 6 nitrogen and oxygen atoms in total. The van der Waals surface area contributed by atoms with E-state index in [1.165, 1.54) is 0 Å². The molecule has 2 aromatic rings. The molecule has 1 aliphatic rings. The van der Waals surface area contributed by atoms with Gasteiger partial charge in [-0.1, -0.05) is 30.3 Å². The molecule has 1 fully saturated rings. The number of hydrogen-bond acceptors (Lipinski definition) is 5. The number of rotatable bonds is 7. The van der Waals surface area contributed by atoms with Crippen molar-refractivity contribution in [3.8, 4) is 5.75 Å². The fourth-order valence-electron chi connectivity index (χ4n) is 3.43. The Balaban J connectivity index is 1.42. The predicted molar refractivity (Wildman–Crippen MR) is 112 cm³/mol. The molecule has 2 aromatic carbocycles. The fourth-order valence-corrected chi connectivity index (χ4v) is 3.43. The molecule has 0 radical (unpaired) electrons. The molecule has 1 unspecified atom stereocenters. The molecule has 1 aliphatic heterocycles. The van der Waals surface area contributed by atoms with E-state index in [0.717, 1.165) is 30.1 Å². The van der Waals surface area contributed by atoms with Crippen LogP contribution >= 0.6 is 0 Å². The van der Waals surface area contributed by atoms with Crippen molar-refractivity contribution in [3.63, 3.8) is 0 Å². The van der Waals surface area contributed by atoms with Crippen molar-refractivity contribution in [1.29, 1.82) is 0 Å². The van der Waals surface area contributed by atoms with E-state index >= 15 is 0 Å². The fraction of sp³-hybridized carbons (Fsp3) is 0.391. The highest BCUT2D eigenvalue weighted by atomic mass is 16.5. The lowest BCUT2D eigenvalue weighted by atomic mass is 10.1. The van der Waals surface area contributed by atoms with Crippen molar-refractivity contribution < 1.29 is 19.1 Å². The topological polar surface area (TPSA) is 59.1 Å². The SMILES string of the molecule is COc1ccc(CCC(=O)OC(C)C(=O)N2CCN(c3ccccc3)CC2)cc1. The van der Waals surface area contributed by atoms with Gasteiger partial charge >= 0.3 is 5.97 Å². The minimum atomic E-state index is -0.762. The number of esters is 1. The van der Waals surface area contributed by atoms with Crippen molar-refractivity contribution in [2.45, 2.75) is 25.9 Å². The molecule has 1 heterocycles. The van der Waals surface area contributed by atoms with Gasteiger partial charge in [-0.25, -0.2) is 0 Å². The highest BCUT2D eigenvalue weighted by Crippen LogP contribution is 2.17. The van der Waals surface area contributed by atoms with E-state index in [2.05, 4.69) is 17.0 Å². The summed E-state index contributed by atoms with van der Waals surface area (Å²) in [6.45, 7) is 4.45. The smallest absolute Gasteiger partial charge is 0.306 e. The number of carbonyl (C=O) groups is 2. The molecule has 0 spiro atoms. The molecule has 6 heteroatoms. The standard InChI is InChI=1S/C23H28N2O4/c1-18(29-22(26)13-10-19-8-11-21(28-2)12-9-19)23(27)25-16-14-24(15-17-25)20-6-4-3-5-7-20/h3-9,11-12,18H,10,13-17H2,1-2H3. The molecule has 1 atom stereocenters. The first-order chi connectivity index (χ1) is 14.1. The third-order valence-electron chi connectivity index (χ3n) is 5.15. The molecular formula is C23H28N2O4. The van der Waals surface area contributed by atoms with E-state index in [9.17, 15) is 9.59 Å². The second kappa shape index (κ2) is 9.96. The molecule has 0 bridgehead atoms. The summed E-state index contributed by atoms with van der Waals surface area (Å²) in [6, 6.07) is 17.7. The average Bonchev–Trinajstić information content (AvgIpc) is 2.78. The summed E-state index contributed by atoms with van der Waals surface area (Å²) in [5.41, 5.74) is 2.19. The van der Waals surface area contributed by atoms with E-state index in [1.54, 1.807) is 18.9 Å². The predicted octanol–water partition coefficient (Wildman–Crippen LogP) is 2.91. The first-order valence-electron chi connectivity index (χ1n) is 9.98. The summed E-state index contributed by atoms with van der Waals surface area (Å²) < 4.78 is 10.5. The molecule has 1 amide bonds. The minimum absolute atomic E-state index is 0.129. The molecule has 0 aromatic heterocycles. The van der Waals surface area contributed by atoms with E-state index in [1.807, 2.05) is 42.5 Å². The number of para-hydroxylation sites is 1. The van der Waals surface area contributed by atoms with Gasteiger partial charge in [0.25, 0.3) is 5.91 Å². The highest BCUT2D eigenvalue weighted by molar-refractivity contribution is 5.83. The molecular weight excluding hydrogens is 368 g/mol. The van der Waals surface area contributed by atoms with Gasteiger partial charge < -0.3 is 19.3 Å². The molecule has 0 aliphatic carbocycles. The van der Waals surface area contributed by atoms with Gasteiger partial charge in [-0.2, -0.15) is 0 Å². The number of nitrogens with zero attached hydrogens (tertiary/aromatic N) is 2. The normalized spacial score (nSPS) is 15.0. The molecule has 154 valence electrons. The van der Waals surface area contributed by atoms with Crippen LogP contribution in [-0.2, 0) is 20.7 Å². The second-order valence-corrected chi connectivity index (χ2v) is 7.13. The Morgan fingerprint density at radius 1 is 0.966 bits per heavy atom. The van der Waals surface area contributed by atoms with Crippen molar-refractivity contribution in [1.82, 2.24) is 4.90 Å². The Hall–Kier alpha value is -3.02. The Bertz CT molecular complexity index is 799. The number of amides is 1. The van der Waals surface area contributed by atoms with Crippen molar-refractivity contribution in [2.75, 3.05) is 38.2 Å². The van der Waals surface area contributed by atoms with Crippen LogP contribution in [0.1, 0.15) is 18.9 Å². The summed E-state index contributed by atoms with van der Waals surface area (Å²) in [4.78, 5) is 28.8. The number of anilines is 1. The minimum Gasteiger partial charge on any atom is -0.497 e. The van der Waals surface area contributed by atoms with E-state index in [0.29, 0.717) is 19.5 Å². The highest BCUT2D eigenvalue weighted by Gasteiger charge is 2.27. The third kappa shape index (κ3) is 5.73. The monoisotopic (exact) mass is 396 g/mol. The van der Waals surface area contributed by atoms with Gasteiger partial charge in [0.05, 0.1) is 7.11 Å². The number of aryl methyl sites for hydroxylation is 1. The van der Waals surface area contributed by atoms with E-state index < -0.39 is 6.10 Å². The maximum atomic E-state index is 12.6. The number of benzene rings is 2. The van der Waals surface area contributed by atoms with Crippen LogP contribution in [0.15, 0.2) is 54.6 Å². The summed E-state index contributed by atoms with van der Waals surface area (Å²) in [5.74, 6) is 0.294. The average molecular weight is 396 g/mol. The van der Waals surface area contributed by atoms with Crippen molar-refractivity contribution in [3.05, 3.63) is 60.2 Å². The zero-order valence-electron chi connectivity index (χ0n) is 17.0. The number of piperazine rings is 1. The summed E-state index contributed by atoms with van der Waals surface area (Å²) >= 11 is 0. The van der Waals surface area contributed by atoms with E-state index in [4.69, 9.17) is 9.47 Å². The van der Waals surface area contributed by atoms with Gasteiger partial charge in [0, 0.05) is 38.3 Å². The number of methoxy groups -OCH3 is 1. The van der Waals surface area contributed by atoms with Crippen LogP contribution in [0.3, 0.4) is 0 Å². The Kier molecular flexibility index (Phi) is 7.11. The number of hydrogen-bond donors (Lipinski definition) is 0. The number of ether oxygens (including phenoxy) is 2. The molecule has 0 saturated carbocycles. The van der Waals surface area contributed by atoms with Gasteiger partial charge in [0.15, 0.2) is 6.10 Å². The zero-order chi connectivity index (χ0) is 20.6. The van der Waals surface area contributed by atoms with Gasteiger partial charge in [0.2, 0.25) is 0 Å². The summed E-state index contributed by atoms with van der Waals surface area (Å²) in [7, 11) is 1.62. The maximum absolute atomic E-state index is 12.6.